The van der Waals surface area contributed by atoms with Crippen LogP contribution in [-0.2, 0) is 4.79 Å². The van der Waals surface area contributed by atoms with Crippen LogP contribution in [0.5, 0.6) is 0 Å². The SMILES string of the molecule is O=C(O)CC1(O)CC2CCCC(C1)N2. The van der Waals surface area contributed by atoms with Gasteiger partial charge in [0.25, 0.3) is 0 Å². The van der Waals surface area contributed by atoms with Crippen molar-refractivity contribution in [3.05, 3.63) is 0 Å². The first-order chi connectivity index (χ1) is 6.57. The molecular formula is C10H17NO3. The first-order valence-corrected chi connectivity index (χ1v) is 5.28. The van der Waals surface area contributed by atoms with E-state index in [1.807, 2.05) is 0 Å². The van der Waals surface area contributed by atoms with Gasteiger partial charge in [-0.3, -0.25) is 4.79 Å². The van der Waals surface area contributed by atoms with Crippen LogP contribution in [-0.4, -0.2) is 33.9 Å². The Labute approximate surface area is 83.3 Å². The van der Waals surface area contributed by atoms with Crippen molar-refractivity contribution in [1.82, 2.24) is 5.32 Å². The Hall–Kier alpha value is -0.610. The van der Waals surface area contributed by atoms with Gasteiger partial charge in [-0.2, -0.15) is 0 Å². The Balaban J connectivity index is 2.03. The number of hydrogen-bond acceptors (Lipinski definition) is 3. The lowest BCUT2D eigenvalue weighted by Gasteiger charge is -2.44. The normalized spacial score (nSPS) is 42.1. The molecule has 14 heavy (non-hydrogen) atoms. The topological polar surface area (TPSA) is 69.6 Å². The van der Waals surface area contributed by atoms with Crippen molar-refractivity contribution in [3.63, 3.8) is 0 Å². The Morgan fingerprint density at radius 2 is 1.93 bits per heavy atom. The van der Waals surface area contributed by atoms with Crippen LogP contribution in [0, 0.1) is 0 Å². The standard InChI is InChI=1S/C10H17NO3/c12-9(13)6-10(14)4-7-2-1-3-8(5-10)11-7/h7-8,11,14H,1-6H2,(H,12,13). The fraction of sp³-hybridized carbons (Fsp3) is 0.900. The highest BCUT2D eigenvalue weighted by molar-refractivity contribution is 5.68. The van der Waals surface area contributed by atoms with E-state index in [-0.39, 0.29) is 6.42 Å². The lowest BCUT2D eigenvalue weighted by molar-refractivity contribution is -0.145. The maximum absolute atomic E-state index is 10.6. The summed E-state index contributed by atoms with van der Waals surface area (Å²) in [6.45, 7) is 0. The number of aliphatic carboxylic acids is 1. The number of hydrogen-bond donors (Lipinski definition) is 3. The van der Waals surface area contributed by atoms with Gasteiger partial charge in [0.2, 0.25) is 0 Å². The van der Waals surface area contributed by atoms with Gasteiger partial charge < -0.3 is 15.5 Å². The third-order valence-corrected chi connectivity index (χ3v) is 3.31. The van der Waals surface area contributed by atoms with Gasteiger partial charge in [0, 0.05) is 12.1 Å². The molecule has 0 aromatic rings. The number of carboxylic acids is 1. The lowest BCUT2D eigenvalue weighted by Crippen LogP contribution is -2.56. The minimum Gasteiger partial charge on any atom is -0.481 e. The molecule has 2 heterocycles. The molecule has 4 nitrogen and oxygen atoms in total. The van der Waals surface area contributed by atoms with Crippen molar-refractivity contribution >= 4 is 5.97 Å². The minimum absolute atomic E-state index is 0.109. The average molecular weight is 199 g/mol. The van der Waals surface area contributed by atoms with E-state index < -0.39 is 11.6 Å². The van der Waals surface area contributed by atoms with E-state index in [2.05, 4.69) is 5.32 Å². The number of aliphatic hydroxyl groups is 1. The minimum atomic E-state index is -0.965. The zero-order valence-electron chi connectivity index (χ0n) is 8.20. The van der Waals surface area contributed by atoms with Crippen molar-refractivity contribution in [2.24, 2.45) is 0 Å². The third-order valence-electron chi connectivity index (χ3n) is 3.31. The highest BCUT2D eigenvalue weighted by atomic mass is 16.4. The number of carboxylic acid groups (broad SMARTS) is 1. The maximum Gasteiger partial charge on any atom is 0.306 e. The summed E-state index contributed by atoms with van der Waals surface area (Å²) in [6.07, 6.45) is 4.41. The van der Waals surface area contributed by atoms with Crippen LogP contribution in [0.2, 0.25) is 0 Å². The summed E-state index contributed by atoms with van der Waals surface area (Å²) in [6, 6.07) is 0.652. The smallest absolute Gasteiger partial charge is 0.306 e. The fourth-order valence-corrected chi connectivity index (χ4v) is 2.86. The second-order valence-electron chi connectivity index (χ2n) is 4.69. The molecule has 2 bridgehead atoms. The number of piperidine rings is 2. The summed E-state index contributed by atoms with van der Waals surface area (Å²) in [5, 5.41) is 22.3. The molecule has 2 atom stereocenters. The number of nitrogens with one attached hydrogen (secondary N) is 1. The van der Waals surface area contributed by atoms with Crippen molar-refractivity contribution in [2.75, 3.05) is 0 Å². The van der Waals surface area contributed by atoms with Gasteiger partial charge in [0.15, 0.2) is 0 Å². The highest BCUT2D eigenvalue weighted by Crippen LogP contribution is 2.34. The Kier molecular flexibility index (Phi) is 2.49. The van der Waals surface area contributed by atoms with E-state index in [0.29, 0.717) is 24.9 Å². The molecule has 2 rings (SSSR count). The molecule has 2 unspecified atom stereocenters. The molecule has 2 fully saturated rings. The average Bonchev–Trinajstić information content (AvgIpc) is 1.99. The molecule has 0 saturated carbocycles. The first kappa shape index (κ1) is 9.93. The summed E-state index contributed by atoms with van der Waals surface area (Å²) in [5.41, 5.74) is -0.965. The van der Waals surface area contributed by atoms with Crippen molar-refractivity contribution < 1.29 is 15.0 Å². The number of carbonyl (C=O) groups is 1. The molecule has 0 radical (unpaired) electrons. The second kappa shape index (κ2) is 3.51. The van der Waals surface area contributed by atoms with Crippen LogP contribution in [0.15, 0.2) is 0 Å². The molecule has 2 aliphatic heterocycles. The maximum atomic E-state index is 10.6. The van der Waals surface area contributed by atoms with Gasteiger partial charge in [-0.05, 0) is 25.7 Å². The van der Waals surface area contributed by atoms with Gasteiger partial charge in [-0.25, -0.2) is 0 Å². The van der Waals surface area contributed by atoms with Crippen molar-refractivity contribution in [2.45, 2.75) is 56.2 Å². The number of rotatable bonds is 2. The fourth-order valence-electron chi connectivity index (χ4n) is 2.86. The van der Waals surface area contributed by atoms with Gasteiger partial charge in [0.1, 0.15) is 0 Å². The van der Waals surface area contributed by atoms with E-state index in [0.717, 1.165) is 12.8 Å². The molecule has 3 N–H and O–H groups in total. The molecule has 0 aliphatic carbocycles. The summed E-state index contributed by atoms with van der Waals surface area (Å²) in [4.78, 5) is 10.6. The van der Waals surface area contributed by atoms with Gasteiger partial charge in [-0.1, -0.05) is 6.42 Å². The summed E-state index contributed by atoms with van der Waals surface area (Å²) in [7, 11) is 0. The molecule has 80 valence electrons. The van der Waals surface area contributed by atoms with Crippen LogP contribution >= 0.6 is 0 Å². The van der Waals surface area contributed by atoms with Crippen LogP contribution in [0.25, 0.3) is 0 Å². The van der Waals surface area contributed by atoms with Gasteiger partial charge in [0.05, 0.1) is 12.0 Å². The third kappa shape index (κ3) is 2.07. The van der Waals surface area contributed by atoms with Crippen LogP contribution in [0.3, 0.4) is 0 Å². The second-order valence-corrected chi connectivity index (χ2v) is 4.69. The summed E-state index contributed by atoms with van der Waals surface area (Å²) in [5.74, 6) is -0.896. The Morgan fingerprint density at radius 3 is 2.43 bits per heavy atom. The predicted molar refractivity (Wildman–Crippen MR) is 51.0 cm³/mol. The molecule has 0 aromatic carbocycles. The quantitative estimate of drug-likeness (QED) is 0.605. The molecular weight excluding hydrogens is 182 g/mol. The molecule has 0 spiro atoms. The summed E-state index contributed by atoms with van der Waals surface area (Å²) >= 11 is 0. The zero-order valence-corrected chi connectivity index (χ0v) is 8.20. The largest absolute Gasteiger partial charge is 0.481 e. The monoisotopic (exact) mass is 199 g/mol. The molecule has 2 saturated heterocycles. The van der Waals surface area contributed by atoms with E-state index in [4.69, 9.17) is 5.11 Å². The van der Waals surface area contributed by atoms with E-state index in [9.17, 15) is 9.90 Å². The predicted octanol–water partition coefficient (Wildman–Crippen LogP) is 0.497. The Bertz CT molecular complexity index is 230. The zero-order chi connectivity index (χ0) is 10.2. The Morgan fingerprint density at radius 1 is 1.36 bits per heavy atom. The van der Waals surface area contributed by atoms with E-state index in [1.165, 1.54) is 6.42 Å². The van der Waals surface area contributed by atoms with Crippen molar-refractivity contribution in [1.29, 1.82) is 0 Å². The van der Waals surface area contributed by atoms with Crippen LogP contribution < -0.4 is 5.32 Å². The van der Waals surface area contributed by atoms with E-state index >= 15 is 0 Å². The van der Waals surface area contributed by atoms with Gasteiger partial charge >= 0.3 is 5.97 Å². The van der Waals surface area contributed by atoms with E-state index in [1.54, 1.807) is 0 Å². The number of fused-ring (bicyclic) bond motifs is 2. The first-order valence-electron chi connectivity index (χ1n) is 5.28. The van der Waals surface area contributed by atoms with Gasteiger partial charge in [-0.15, -0.1) is 0 Å². The lowest BCUT2D eigenvalue weighted by atomic mass is 9.76. The van der Waals surface area contributed by atoms with Crippen LogP contribution in [0.4, 0.5) is 0 Å². The molecule has 0 amide bonds. The molecule has 2 aliphatic rings. The summed E-state index contributed by atoms with van der Waals surface area (Å²) < 4.78 is 0. The van der Waals surface area contributed by atoms with Crippen LogP contribution in [0.1, 0.15) is 38.5 Å². The molecule has 4 heteroatoms. The highest BCUT2D eigenvalue weighted by Gasteiger charge is 2.41. The van der Waals surface area contributed by atoms with Crippen molar-refractivity contribution in [3.8, 4) is 0 Å². The molecule has 0 aromatic heterocycles.